The highest BCUT2D eigenvalue weighted by atomic mass is 35.5. The molecule has 2 aromatic carbocycles. The summed E-state index contributed by atoms with van der Waals surface area (Å²) in [6.45, 7) is 4.83. The van der Waals surface area contributed by atoms with E-state index < -0.39 is 29.1 Å². The number of aryl methyl sites for hydroxylation is 2. The first kappa shape index (κ1) is 24.3. The minimum Gasteiger partial charge on any atom is -0.495 e. The third kappa shape index (κ3) is 5.53. The minimum absolute atomic E-state index is 0.350. The van der Waals surface area contributed by atoms with Crippen LogP contribution in [0.25, 0.3) is 5.69 Å². The summed E-state index contributed by atoms with van der Waals surface area (Å²) < 4.78 is 11.9. The van der Waals surface area contributed by atoms with Crippen LogP contribution in [0.1, 0.15) is 28.7 Å². The number of carbonyl (C=O) groups is 2. The summed E-state index contributed by atoms with van der Waals surface area (Å²) in [5.74, 6) is -1.29. The van der Waals surface area contributed by atoms with Crippen LogP contribution in [0.5, 0.6) is 5.75 Å². The van der Waals surface area contributed by atoms with Crippen LogP contribution in [0.3, 0.4) is 0 Å². The first-order chi connectivity index (χ1) is 15.6. The molecule has 0 spiro atoms. The van der Waals surface area contributed by atoms with Crippen molar-refractivity contribution in [2.45, 2.75) is 26.9 Å². The number of benzene rings is 2. The molecule has 0 radical (unpaired) electrons. The van der Waals surface area contributed by atoms with Gasteiger partial charge in [0.2, 0.25) is 11.1 Å². The van der Waals surface area contributed by atoms with Crippen molar-refractivity contribution in [3.05, 3.63) is 79.7 Å². The average molecular weight is 490 g/mol. The highest BCUT2D eigenvalue weighted by Crippen LogP contribution is 2.31. The minimum atomic E-state index is -1.22. The Balaban J connectivity index is 1.80. The van der Waals surface area contributed by atoms with Gasteiger partial charge in [0, 0.05) is 27.9 Å². The third-order valence-corrected chi connectivity index (χ3v) is 5.42. The van der Waals surface area contributed by atoms with Gasteiger partial charge < -0.3 is 14.8 Å². The topological polar surface area (TPSA) is 99.5 Å². The van der Waals surface area contributed by atoms with Gasteiger partial charge in [-0.3, -0.25) is 9.59 Å². The lowest BCUT2D eigenvalue weighted by molar-refractivity contribution is -0.123. The molecule has 1 heterocycles. The number of rotatable bonds is 6. The molecule has 0 aliphatic rings. The lowest BCUT2D eigenvalue weighted by Crippen LogP contribution is -2.33. The summed E-state index contributed by atoms with van der Waals surface area (Å²) in [6.07, 6.45) is -1.22. The van der Waals surface area contributed by atoms with E-state index in [1.165, 1.54) is 24.8 Å². The second-order valence-electron chi connectivity index (χ2n) is 7.23. The molecule has 1 atom stereocenters. The maximum absolute atomic E-state index is 12.7. The number of aromatic nitrogens is 2. The molecular formula is C23H21Cl2N3O5. The Bertz CT molecular complexity index is 1270. The lowest BCUT2D eigenvalue weighted by Gasteiger charge is -2.16. The van der Waals surface area contributed by atoms with Crippen LogP contribution in [0.2, 0.25) is 10.0 Å². The Morgan fingerprint density at radius 2 is 1.76 bits per heavy atom. The van der Waals surface area contributed by atoms with Gasteiger partial charge >= 0.3 is 5.97 Å². The van der Waals surface area contributed by atoms with E-state index in [2.05, 4.69) is 10.4 Å². The number of nitrogens with zero attached hydrogens (tertiary/aromatic N) is 2. The Morgan fingerprint density at radius 3 is 2.39 bits per heavy atom. The van der Waals surface area contributed by atoms with Crippen molar-refractivity contribution in [2.24, 2.45) is 0 Å². The number of anilines is 1. The fourth-order valence-electron chi connectivity index (χ4n) is 2.97. The molecule has 172 valence electrons. The molecule has 3 rings (SSSR count). The van der Waals surface area contributed by atoms with Crippen molar-refractivity contribution in [1.82, 2.24) is 9.78 Å². The van der Waals surface area contributed by atoms with E-state index >= 15 is 0 Å². The Kier molecular flexibility index (Phi) is 7.40. The molecule has 3 aromatic rings. The summed E-state index contributed by atoms with van der Waals surface area (Å²) in [5.41, 5.74) is 1.13. The molecule has 1 N–H and O–H groups in total. The molecule has 0 saturated heterocycles. The van der Waals surface area contributed by atoms with E-state index in [0.29, 0.717) is 32.9 Å². The van der Waals surface area contributed by atoms with Crippen LogP contribution in [0, 0.1) is 13.8 Å². The molecule has 8 nitrogen and oxygen atoms in total. The van der Waals surface area contributed by atoms with Gasteiger partial charge in [0.25, 0.3) is 5.91 Å². The van der Waals surface area contributed by atoms with Crippen LogP contribution < -0.4 is 15.5 Å². The number of ether oxygens (including phenoxy) is 2. The molecule has 0 bridgehead atoms. The zero-order chi connectivity index (χ0) is 24.3. The second-order valence-corrected chi connectivity index (χ2v) is 8.07. The van der Waals surface area contributed by atoms with Crippen molar-refractivity contribution >= 4 is 40.8 Å². The number of methoxy groups -OCH3 is 1. The fourth-order valence-corrected chi connectivity index (χ4v) is 3.25. The number of carbonyl (C=O) groups excluding carboxylic acids is 2. The summed E-state index contributed by atoms with van der Waals surface area (Å²) >= 11 is 12.0. The molecule has 33 heavy (non-hydrogen) atoms. The maximum Gasteiger partial charge on any atom is 0.363 e. The molecular weight excluding hydrogens is 469 g/mol. The summed E-state index contributed by atoms with van der Waals surface area (Å²) in [4.78, 5) is 37.7. The number of hydrogen-bond donors (Lipinski definition) is 1. The largest absolute Gasteiger partial charge is 0.495 e. The van der Waals surface area contributed by atoms with Gasteiger partial charge in [-0.05, 0) is 56.7 Å². The predicted octanol–water partition coefficient (Wildman–Crippen LogP) is 4.35. The summed E-state index contributed by atoms with van der Waals surface area (Å²) in [6, 6.07) is 11.2. The molecule has 1 unspecified atom stereocenters. The van der Waals surface area contributed by atoms with Gasteiger partial charge in [0.1, 0.15) is 5.75 Å². The normalized spacial score (nSPS) is 11.6. The number of amides is 1. The van der Waals surface area contributed by atoms with Crippen LogP contribution in [-0.4, -0.2) is 34.9 Å². The first-order valence-corrected chi connectivity index (χ1v) is 10.6. The van der Waals surface area contributed by atoms with E-state index in [1.54, 1.807) is 50.2 Å². The molecule has 0 aliphatic heterocycles. The van der Waals surface area contributed by atoms with Crippen molar-refractivity contribution in [3.63, 3.8) is 0 Å². The molecule has 1 amide bonds. The smallest absolute Gasteiger partial charge is 0.363 e. The van der Waals surface area contributed by atoms with E-state index in [-0.39, 0.29) is 0 Å². The standard InChI is InChI=1S/C23H21Cl2N3O5/c1-12-9-18(20(32-4)11-17(12)25)26-22(30)14(3)33-23(31)21-19(29)10-13(2)28(27-21)16-7-5-15(24)6-8-16/h5-11,14H,1-4H3,(H,26,30). The van der Waals surface area contributed by atoms with Gasteiger partial charge in [-0.1, -0.05) is 23.2 Å². The maximum atomic E-state index is 12.7. The van der Waals surface area contributed by atoms with Gasteiger partial charge in [0.15, 0.2) is 6.10 Å². The monoisotopic (exact) mass is 489 g/mol. The lowest BCUT2D eigenvalue weighted by atomic mass is 10.2. The Hall–Kier alpha value is -3.36. The van der Waals surface area contributed by atoms with Crippen LogP contribution >= 0.6 is 23.2 Å². The Morgan fingerprint density at radius 1 is 1.09 bits per heavy atom. The van der Waals surface area contributed by atoms with Crippen LogP contribution in [0.15, 0.2) is 47.3 Å². The Labute approximate surface area is 200 Å². The highest BCUT2D eigenvalue weighted by Gasteiger charge is 2.24. The zero-order valence-corrected chi connectivity index (χ0v) is 19.8. The van der Waals surface area contributed by atoms with Gasteiger partial charge in [-0.25, -0.2) is 9.48 Å². The molecule has 0 saturated carbocycles. The molecule has 10 heteroatoms. The number of halogens is 2. The van der Waals surface area contributed by atoms with Crippen molar-refractivity contribution < 1.29 is 19.1 Å². The highest BCUT2D eigenvalue weighted by molar-refractivity contribution is 6.31. The third-order valence-electron chi connectivity index (χ3n) is 4.76. The average Bonchev–Trinajstić information content (AvgIpc) is 2.76. The summed E-state index contributed by atoms with van der Waals surface area (Å²) in [7, 11) is 1.44. The van der Waals surface area contributed by atoms with Crippen LogP contribution in [-0.2, 0) is 9.53 Å². The molecule has 0 fully saturated rings. The van der Waals surface area contributed by atoms with E-state index in [4.69, 9.17) is 32.7 Å². The quantitative estimate of drug-likeness (QED) is 0.516. The van der Waals surface area contributed by atoms with Gasteiger partial charge in [0.05, 0.1) is 18.5 Å². The number of nitrogens with one attached hydrogen (secondary N) is 1. The van der Waals surface area contributed by atoms with Crippen molar-refractivity contribution in [1.29, 1.82) is 0 Å². The van der Waals surface area contributed by atoms with E-state index in [9.17, 15) is 14.4 Å². The van der Waals surface area contributed by atoms with Gasteiger partial charge in [-0.2, -0.15) is 5.10 Å². The van der Waals surface area contributed by atoms with Gasteiger partial charge in [-0.15, -0.1) is 0 Å². The molecule has 0 aliphatic carbocycles. The number of esters is 1. The van der Waals surface area contributed by atoms with Crippen LogP contribution in [0.4, 0.5) is 5.69 Å². The van der Waals surface area contributed by atoms with Crippen molar-refractivity contribution in [2.75, 3.05) is 12.4 Å². The predicted molar refractivity (Wildman–Crippen MR) is 126 cm³/mol. The van der Waals surface area contributed by atoms with Crippen molar-refractivity contribution in [3.8, 4) is 11.4 Å². The zero-order valence-electron chi connectivity index (χ0n) is 18.3. The fraction of sp³-hybridized carbons (Fsp3) is 0.217. The molecule has 1 aromatic heterocycles. The van der Waals surface area contributed by atoms with E-state index in [0.717, 1.165) is 5.56 Å². The first-order valence-electron chi connectivity index (χ1n) is 9.83. The summed E-state index contributed by atoms with van der Waals surface area (Å²) in [5, 5.41) is 7.78. The second kappa shape index (κ2) is 10.1. The SMILES string of the molecule is COc1cc(Cl)c(C)cc1NC(=O)C(C)OC(=O)c1nn(-c2ccc(Cl)cc2)c(C)cc1=O. The van der Waals surface area contributed by atoms with E-state index in [1.807, 2.05) is 0 Å². The number of hydrogen-bond acceptors (Lipinski definition) is 6.